The third kappa shape index (κ3) is 8.59. The highest BCUT2D eigenvalue weighted by Crippen LogP contribution is 2.14. The quantitative estimate of drug-likeness (QED) is 0.535. The molecule has 0 aliphatic rings. The Kier molecular flexibility index (Phi) is 10.2. The van der Waals surface area contributed by atoms with E-state index in [2.05, 4.69) is 12.2 Å². The second kappa shape index (κ2) is 10.8. The fourth-order valence-corrected chi connectivity index (χ4v) is 2.06. The number of carbonyl (C=O) groups is 2. The van der Waals surface area contributed by atoms with Gasteiger partial charge in [-0.15, -0.1) is 0 Å². The molecule has 112 valence electrons. The lowest BCUT2D eigenvalue weighted by Crippen LogP contribution is -2.40. The lowest BCUT2D eigenvalue weighted by molar-refractivity contribution is -0.142. The Labute approximate surface area is 115 Å². The van der Waals surface area contributed by atoms with Crippen molar-refractivity contribution in [1.82, 2.24) is 5.32 Å². The summed E-state index contributed by atoms with van der Waals surface area (Å²) in [4.78, 5) is 22.7. The lowest BCUT2D eigenvalue weighted by Gasteiger charge is -2.16. The van der Waals surface area contributed by atoms with E-state index in [1.54, 1.807) is 0 Å². The molecule has 2 atom stereocenters. The molecule has 0 saturated carbocycles. The molecule has 2 unspecified atom stereocenters. The maximum absolute atomic E-state index is 11.7. The summed E-state index contributed by atoms with van der Waals surface area (Å²) in [5.74, 6) is -0.663. The zero-order valence-corrected chi connectivity index (χ0v) is 12.2. The van der Waals surface area contributed by atoms with Crippen LogP contribution < -0.4 is 11.1 Å². The van der Waals surface area contributed by atoms with Crippen molar-refractivity contribution >= 4 is 11.9 Å². The van der Waals surface area contributed by atoms with E-state index in [1.165, 1.54) is 0 Å². The van der Waals surface area contributed by atoms with E-state index in [4.69, 9.17) is 10.8 Å². The van der Waals surface area contributed by atoms with Crippen LogP contribution in [0.3, 0.4) is 0 Å². The Bertz CT molecular complexity index is 269. The normalized spacial score (nSPS) is 13.8. The van der Waals surface area contributed by atoms with Crippen LogP contribution in [0.5, 0.6) is 0 Å². The molecule has 0 saturated heterocycles. The molecule has 0 fully saturated rings. The van der Waals surface area contributed by atoms with E-state index < -0.39 is 12.0 Å². The van der Waals surface area contributed by atoms with Crippen LogP contribution >= 0.6 is 0 Å². The number of nitrogens with two attached hydrogens (primary N) is 1. The van der Waals surface area contributed by atoms with Gasteiger partial charge < -0.3 is 16.2 Å². The van der Waals surface area contributed by atoms with Crippen molar-refractivity contribution in [3.63, 3.8) is 0 Å². The number of carboxylic acid groups (broad SMARTS) is 1. The smallest absolute Gasteiger partial charge is 0.326 e. The van der Waals surface area contributed by atoms with Crippen molar-refractivity contribution in [2.45, 2.75) is 64.8 Å². The molecule has 0 aromatic heterocycles. The van der Waals surface area contributed by atoms with Crippen LogP contribution in [-0.2, 0) is 9.59 Å². The van der Waals surface area contributed by atoms with Crippen LogP contribution in [0.25, 0.3) is 0 Å². The molecule has 5 nitrogen and oxygen atoms in total. The molecule has 19 heavy (non-hydrogen) atoms. The minimum absolute atomic E-state index is 0.168. The van der Waals surface area contributed by atoms with Gasteiger partial charge in [0, 0.05) is 6.42 Å². The minimum Gasteiger partial charge on any atom is -0.480 e. The highest BCUT2D eigenvalue weighted by molar-refractivity contribution is 5.83. The van der Waals surface area contributed by atoms with Crippen molar-refractivity contribution in [2.24, 2.45) is 11.7 Å². The fraction of sp³-hybridized carbons (Fsp3) is 0.857. The first-order chi connectivity index (χ1) is 9.04. The Balaban J connectivity index is 4.07. The minimum atomic E-state index is -0.948. The summed E-state index contributed by atoms with van der Waals surface area (Å²) in [5.41, 5.74) is 5.51. The number of unbranched alkanes of at least 4 members (excludes halogenated alkanes) is 1. The van der Waals surface area contributed by atoms with Crippen LogP contribution in [0.1, 0.15) is 58.8 Å². The van der Waals surface area contributed by atoms with Gasteiger partial charge in [0.15, 0.2) is 0 Å². The standard InChI is InChI=1S/C14H28N2O3/c1-3-5-6-12(14(18)19)16-13(17)8-7-11(4-2)9-10-15/h11-12H,3-10,15H2,1-2H3,(H,16,17)(H,18,19). The predicted octanol–water partition coefficient (Wildman–Crippen LogP) is 1.90. The molecule has 0 aliphatic carbocycles. The van der Waals surface area contributed by atoms with Gasteiger partial charge in [0.05, 0.1) is 0 Å². The second-order valence-corrected chi connectivity index (χ2v) is 4.99. The van der Waals surface area contributed by atoms with Gasteiger partial charge in [0.25, 0.3) is 0 Å². The molecule has 0 aliphatic heterocycles. The zero-order valence-electron chi connectivity index (χ0n) is 12.2. The van der Waals surface area contributed by atoms with Gasteiger partial charge in [-0.05, 0) is 31.7 Å². The van der Waals surface area contributed by atoms with Crippen LogP contribution in [0.4, 0.5) is 0 Å². The average Bonchev–Trinajstić information content (AvgIpc) is 2.38. The van der Waals surface area contributed by atoms with Crippen LogP contribution in [0, 0.1) is 5.92 Å². The highest BCUT2D eigenvalue weighted by atomic mass is 16.4. The molecule has 5 heteroatoms. The summed E-state index contributed by atoms with van der Waals surface area (Å²) in [6, 6.07) is -0.748. The number of carboxylic acids is 1. The summed E-state index contributed by atoms with van der Waals surface area (Å²) in [7, 11) is 0. The largest absolute Gasteiger partial charge is 0.480 e. The van der Waals surface area contributed by atoms with Gasteiger partial charge in [-0.25, -0.2) is 4.79 Å². The van der Waals surface area contributed by atoms with Crippen LogP contribution in [0.2, 0.25) is 0 Å². The molecule has 0 rings (SSSR count). The first-order valence-electron chi connectivity index (χ1n) is 7.27. The van der Waals surface area contributed by atoms with Crippen LogP contribution in [0.15, 0.2) is 0 Å². The Morgan fingerprint density at radius 1 is 1.21 bits per heavy atom. The number of hydrogen-bond acceptors (Lipinski definition) is 3. The van der Waals surface area contributed by atoms with Gasteiger partial charge in [0.1, 0.15) is 6.04 Å². The lowest BCUT2D eigenvalue weighted by atomic mass is 9.96. The molecule has 0 spiro atoms. The molecule has 0 heterocycles. The summed E-state index contributed by atoms with van der Waals surface area (Å²) < 4.78 is 0. The second-order valence-electron chi connectivity index (χ2n) is 4.99. The van der Waals surface area contributed by atoms with E-state index >= 15 is 0 Å². The van der Waals surface area contributed by atoms with Crippen molar-refractivity contribution in [1.29, 1.82) is 0 Å². The van der Waals surface area contributed by atoms with Crippen LogP contribution in [-0.4, -0.2) is 29.6 Å². The Hall–Kier alpha value is -1.10. The Morgan fingerprint density at radius 2 is 1.89 bits per heavy atom. The van der Waals surface area contributed by atoms with Gasteiger partial charge in [0.2, 0.25) is 5.91 Å². The van der Waals surface area contributed by atoms with E-state index in [9.17, 15) is 9.59 Å². The van der Waals surface area contributed by atoms with Crippen molar-refractivity contribution in [3.8, 4) is 0 Å². The molecular formula is C14H28N2O3. The maximum atomic E-state index is 11.7. The van der Waals surface area contributed by atoms with Gasteiger partial charge in [-0.3, -0.25) is 4.79 Å². The summed E-state index contributed by atoms with van der Waals surface area (Å²) in [5, 5.41) is 11.6. The SMILES string of the molecule is CCCCC(NC(=O)CCC(CC)CCN)C(=O)O. The molecule has 1 amide bonds. The van der Waals surface area contributed by atoms with Gasteiger partial charge >= 0.3 is 5.97 Å². The Morgan fingerprint density at radius 3 is 2.37 bits per heavy atom. The van der Waals surface area contributed by atoms with Crippen molar-refractivity contribution in [3.05, 3.63) is 0 Å². The van der Waals surface area contributed by atoms with E-state index in [1.807, 2.05) is 6.92 Å². The monoisotopic (exact) mass is 272 g/mol. The van der Waals surface area contributed by atoms with Gasteiger partial charge in [-0.2, -0.15) is 0 Å². The first-order valence-corrected chi connectivity index (χ1v) is 7.27. The third-order valence-corrected chi connectivity index (χ3v) is 3.41. The highest BCUT2D eigenvalue weighted by Gasteiger charge is 2.19. The summed E-state index contributed by atoms with van der Waals surface area (Å²) in [6.45, 7) is 4.72. The number of aliphatic carboxylic acids is 1. The van der Waals surface area contributed by atoms with E-state index in [-0.39, 0.29) is 5.91 Å². The van der Waals surface area contributed by atoms with E-state index in [0.717, 1.165) is 32.1 Å². The molecule has 0 aromatic carbocycles. The predicted molar refractivity (Wildman–Crippen MR) is 75.8 cm³/mol. The number of hydrogen-bond donors (Lipinski definition) is 3. The van der Waals surface area contributed by atoms with Crippen molar-refractivity contribution < 1.29 is 14.7 Å². The number of amides is 1. The average molecular weight is 272 g/mol. The molecule has 4 N–H and O–H groups in total. The maximum Gasteiger partial charge on any atom is 0.326 e. The molecular weight excluding hydrogens is 244 g/mol. The number of rotatable bonds is 11. The van der Waals surface area contributed by atoms with Gasteiger partial charge in [-0.1, -0.05) is 33.1 Å². The topological polar surface area (TPSA) is 92.4 Å². The number of nitrogens with one attached hydrogen (secondary N) is 1. The third-order valence-electron chi connectivity index (χ3n) is 3.41. The number of carbonyl (C=O) groups excluding carboxylic acids is 1. The van der Waals surface area contributed by atoms with E-state index in [0.29, 0.717) is 25.3 Å². The molecule has 0 radical (unpaired) electrons. The molecule has 0 aromatic rings. The first kappa shape index (κ1) is 17.9. The zero-order chi connectivity index (χ0) is 14.7. The summed E-state index contributed by atoms with van der Waals surface area (Å²) in [6.07, 6.45) is 5.31. The summed E-state index contributed by atoms with van der Waals surface area (Å²) >= 11 is 0. The molecule has 0 bridgehead atoms. The fourth-order valence-electron chi connectivity index (χ4n) is 2.06. The van der Waals surface area contributed by atoms with Crippen molar-refractivity contribution in [2.75, 3.05) is 6.54 Å².